The van der Waals surface area contributed by atoms with E-state index >= 15 is 0 Å². The number of thiazole rings is 1. The zero-order chi connectivity index (χ0) is 14.8. The first-order valence-electron chi connectivity index (χ1n) is 5.86. The minimum atomic E-state index is -0.431. The lowest BCUT2D eigenvalue weighted by Gasteiger charge is -2.03. The Morgan fingerprint density at radius 3 is 2.71 bits per heavy atom. The molecule has 2 aromatic heterocycles. The Morgan fingerprint density at radius 1 is 1.14 bits per heavy atom. The molecular weight excluding hydrogens is 331 g/mol. The molecule has 3 rings (SSSR count). The first-order valence-corrected chi connectivity index (χ1v) is 7.44. The maximum absolute atomic E-state index is 11.9. The number of nitrogens with one attached hydrogen (secondary N) is 2. The van der Waals surface area contributed by atoms with Crippen LogP contribution in [0.3, 0.4) is 0 Å². The van der Waals surface area contributed by atoms with E-state index in [0.29, 0.717) is 26.5 Å². The maximum atomic E-state index is 11.9. The van der Waals surface area contributed by atoms with Crippen LogP contribution in [0.1, 0.15) is 0 Å². The number of hydrogen-bond donors (Lipinski definition) is 2. The number of carbonyl (C=O) groups excluding carboxylic acids is 1. The molecule has 5 nitrogen and oxygen atoms in total. The Morgan fingerprint density at radius 2 is 2.00 bits per heavy atom. The summed E-state index contributed by atoms with van der Waals surface area (Å²) in [7, 11) is 0. The molecule has 0 saturated carbocycles. The third-order valence-corrected chi connectivity index (χ3v) is 4.02. The number of carbonyl (C=O) groups is 1. The van der Waals surface area contributed by atoms with Gasteiger partial charge in [0, 0.05) is 6.20 Å². The lowest BCUT2D eigenvalue weighted by atomic mass is 10.3. The van der Waals surface area contributed by atoms with E-state index in [1.165, 1.54) is 17.5 Å². The van der Waals surface area contributed by atoms with Gasteiger partial charge in [0.25, 0.3) is 0 Å². The molecule has 0 saturated heterocycles. The molecule has 0 radical (unpaired) electrons. The molecule has 3 aromatic rings. The van der Waals surface area contributed by atoms with Crippen molar-refractivity contribution in [2.75, 3.05) is 10.6 Å². The molecule has 2 N–H and O–H groups in total. The topological polar surface area (TPSA) is 66.9 Å². The van der Waals surface area contributed by atoms with Crippen molar-refractivity contribution in [1.29, 1.82) is 0 Å². The van der Waals surface area contributed by atoms with Crippen LogP contribution in [0.15, 0.2) is 36.5 Å². The van der Waals surface area contributed by atoms with Crippen molar-refractivity contribution in [3.63, 3.8) is 0 Å². The summed E-state index contributed by atoms with van der Waals surface area (Å²) < 4.78 is 0.905. The molecule has 1 aromatic carbocycles. The quantitative estimate of drug-likeness (QED) is 0.715. The number of anilines is 2. The highest BCUT2D eigenvalue weighted by Crippen LogP contribution is 2.30. The Kier molecular flexibility index (Phi) is 3.92. The molecule has 0 aliphatic heterocycles. The molecule has 2 heterocycles. The van der Waals surface area contributed by atoms with Gasteiger partial charge in [0.1, 0.15) is 11.3 Å². The molecule has 106 valence electrons. The lowest BCUT2D eigenvalue weighted by Crippen LogP contribution is -2.19. The summed E-state index contributed by atoms with van der Waals surface area (Å²) in [5.74, 6) is 0.399. The highest BCUT2D eigenvalue weighted by Gasteiger charge is 2.10. The number of fused-ring (bicyclic) bond motifs is 1. The number of nitrogens with zero attached hydrogens (tertiary/aromatic N) is 2. The van der Waals surface area contributed by atoms with E-state index in [1.807, 2.05) is 12.1 Å². The summed E-state index contributed by atoms with van der Waals surface area (Å²) in [4.78, 5) is 20.1. The molecule has 0 atom stereocenters. The molecule has 0 spiro atoms. The van der Waals surface area contributed by atoms with Gasteiger partial charge in [-0.1, -0.05) is 40.6 Å². The van der Waals surface area contributed by atoms with Crippen molar-refractivity contribution in [3.8, 4) is 0 Å². The summed E-state index contributed by atoms with van der Waals surface area (Å²) in [5, 5.41) is 6.75. The zero-order valence-electron chi connectivity index (χ0n) is 10.4. The van der Waals surface area contributed by atoms with Gasteiger partial charge in [-0.05, 0) is 24.3 Å². The van der Waals surface area contributed by atoms with E-state index in [9.17, 15) is 4.79 Å². The summed E-state index contributed by atoms with van der Waals surface area (Å²) >= 11 is 13.1. The van der Waals surface area contributed by atoms with Crippen molar-refractivity contribution in [3.05, 3.63) is 46.6 Å². The number of hydrogen-bond acceptors (Lipinski definition) is 4. The average Bonchev–Trinajstić information content (AvgIpc) is 2.85. The van der Waals surface area contributed by atoms with Gasteiger partial charge < -0.3 is 0 Å². The van der Waals surface area contributed by atoms with Crippen LogP contribution in [0.5, 0.6) is 0 Å². The van der Waals surface area contributed by atoms with Gasteiger partial charge >= 0.3 is 6.03 Å². The number of pyridine rings is 1. The second kappa shape index (κ2) is 5.85. The molecule has 21 heavy (non-hydrogen) atoms. The van der Waals surface area contributed by atoms with E-state index in [-0.39, 0.29) is 0 Å². The SMILES string of the molecule is O=C(Nc1ccc(Cl)cn1)Nc1nc2c(Cl)cccc2s1. The van der Waals surface area contributed by atoms with Gasteiger partial charge in [0.05, 0.1) is 14.7 Å². The zero-order valence-corrected chi connectivity index (χ0v) is 12.8. The molecule has 0 unspecified atom stereocenters. The summed E-state index contributed by atoms with van der Waals surface area (Å²) in [6.07, 6.45) is 1.45. The number of aromatic nitrogens is 2. The number of rotatable bonds is 2. The van der Waals surface area contributed by atoms with Crippen molar-refractivity contribution < 1.29 is 4.79 Å². The molecule has 0 aliphatic rings. The normalized spacial score (nSPS) is 10.6. The summed E-state index contributed by atoms with van der Waals surface area (Å²) in [6, 6.07) is 8.30. The second-order valence-electron chi connectivity index (χ2n) is 4.05. The van der Waals surface area contributed by atoms with Gasteiger partial charge in [-0.2, -0.15) is 0 Å². The van der Waals surface area contributed by atoms with Crippen LogP contribution in [0.4, 0.5) is 15.7 Å². The van der Waals surface area contributed by atoms with E-state index in [1.54, 1.807) is 18.2 Å². The van der Waals surface area contributed by atoms with Crippen LogP contribution in [-0.4, -0.2) is 16.0 Å². The summed E-state index contributed by atoms with van der Waals surface area (Å²) in [6.45, 7) is 0. The van der Waals surface area contributed by atoms with Crippen molar-refractivity contribution in [1.82, 2.24) is 9.97 Å². The molecule has 0 fully saturated rings. The second-order valence-corrected chi connectivity index (χ2v) is 5.92. The Hall–Kier alpha value is -1.89. The minimum Gasteiger partial charge on any atom is -0.292 e. The lowest BCUT2D eigenvalue weighted by molar-refractivity contribution is 0.262. The molecule has 2 amide bonds. The van der Waals surface area contributed by atoms with E-state index in [0.717, 1.165) is 4.70 Å². The number of benzene rings is 1. The predicted molar refractivity (Wildman–Crippen MR) is 86.5 cm³/mol. The van der Waals surface area contributed by atoms with Crippen molar-refractivity contribution in [2.24, 2.45) is 0 Å². The first kappa shape index (κ1) is 14.1. The molecule has 0 aliphatic carbocycles. The first-order chi connectivity index (χ1) is 10.1. The van der Waals surface area contributed by atoms with E-state index < -0.39 is 6.03 Å². The molecule has 0 bridgehead atoms. The highest BCUT2D eigenvalue weighted by atomic mass is 35.5. The highest BCUT2D eigenvalue weighted by molar-refractivity contribution is 7.22. The molecular formula is C13H8Cl2N4OS. The number of para-hydroxylation sites is 1. The van der Waals surface area contributed by atoms with Gasteiger partial charge in [-0.15, -0.1) is 0 Å². The van der Waals surface area contributed by atoms with Crippen LogP contribution in [0.25, 0.3) is 10.2 Å². The van der Waals surface area contributed by atoms with Crippen LogP contribution in [0, 0.1) is 0 Å². The Bertz CT molecular complexity index is 804. The maximum Gasteiger partial charge on any atom is 0.326 e. The summed E-state index contributed by atoms with van der Waals surface area (Å²) in [5.41, 5.74) is 0.670. The standard InChI is InChI=1S/C13H8Cl2N4OS/c14-7-4-5-10(16-6-7)17-12(20)19-13-18-11-8(15)2-1-3-9(11)21-13/h1-6H,(H2,16,17,18,19,20). The monoisotopic (exact) mass is 338 g/mol. The van der Waals surface area contributed by atoms with E-state index in [4.69, 9.17) is 23.2 Å². The van der Waals surface area contributed by atoms with Crippen LogP contribution < -0.4 is 10.6 Å². The average molecular weight is 339 g/mol. The smallest absolute Gasteiger partial charge is 0.292 e. The van der Waals surface area contributed by atoms with Gasteiger partial charge in [-0.3, -0.25) is 10.6 Å². The number of urea groups is 1. The van der Waals surface area contributed by atoms with Crippen molar-refractivity contribution >= 4 is 61.7 Å². The van der Waals surface area contributed by atoms with Gasteiger partial charge in [-0.25, -0.2) is 14.8 Å². The van der Waals surface area contributed by atoms with Crippen molar-refractivity contribution in [2.45, 2.75) is 0 Å². The van der Waals surface area contributed by atoms with Crippen LogP contribution >= 0.6 is 34.5 Å². The predicted octanol–water partition coefficient (Wildman–Crippen LogP) is 4.64. The minimum absolute atomic E-state index is 0.399. The van der Waals surface area contributed by atoms with Gasteiger partial charge in [0.2, 0.25) is 0 Å². The van der Waals surface area contributed by atoms with Gasteiger partial charge in [0.15, 0.2) is 5.13 Å². The fraction of sp³-hybridized carbons (Fsp3) is 0. The Labute approximate surface area is 133 Å². The van der Waals surface area contributed by atoms with E-state index in [2.05, 4.69) is 20.6 Å². The third kappa shape index (κ3) is 3.24. The number of halogens is 2. The molecule has 8 heteroatoms. The Balaban J connectivity index is 1.74. The fourth-order valence-corrected chi connectivity index (χ4v) is 2.94. The van der Waals surface area contributed by atoms with Crippen LogP contribution in [0.2, 0.25) is 10.0 Å². The largest absolute Gasteiger partial charge is 0.326 e. The fourth-order valence-electron chi connectivity index (χ4n) is 1.66. The number of amides is 2. The third-order valence-electron chi connectivity index (χ3n) is 2.56. The van der Waals surface area contributed by atoms with Crippen LogP contribution in [-0.2, 0) is 0 Å².